The van der Waals surface area contributed by atoms with E-state index in [2.05, 4.69) is 25.7 Å². The van der Waals surface area contributed by atoms with E-state index in [4.69, 9.17) is 0 Å². The average Bonchev–Trinajstić information content (AvgIpc) is 2.20. The van der Waals surface area contributed by atoms with Crippen LogP contribution in [0.1, 0.15) is 26.2 Å². The summed E-state index contributed by atoms with van der Waals surface area (Å²) < 4.78 is 1.30. The van der Waals surface area contributed by atoms with Crippen molar-refractivity contribution >= 4 is 0 Å². The molecule has 0 spiro atoms. The molecule has 0 unspecified atom stereocenters. The van der Waals surface area contributed by atoms with Crippen LogP contribution in [-0.2, 0) is 0 Å². The van der Waals surface area contributed by atoms with Gasteiger partial charge in [0.2, 0.25) is 0 Å². The van der Waals surface area contributed by atoms with Crippen molar-refractivity contribution in [2.45, 2.75) is 26.2 Å². The third-order valence-electron chi connectivity index (χ3n) is 3.20. The molecule has 1 aliphatic rings. The number of nitrogens with zero attached hydrogens (tertiary/aromatic N) is 1. The van der Waals surface area contributed by atoms with Crippen LogP contribution in [0.15, 0.2) is 24.8 Å². The van der Waals surface area contributed by atoms with E-state index in [0.29, 0.717) is 0 Å². The average molecular weight is 260 g/mol. The first-order valence-electron chi connectivity index (χ1n) is 5.46. The summed E-state index contributed by atoms with van der Waals surface area (Å²) in [5, 5.41) is 0. The fourth-order valence-corrected chi connectivity index (χ4v) is 2.19. The maximum atomic E-state index is 3.70. The maximum absolute atomic E-state index is 3.70. The number of quaternary nitrogens is 1. The van der Waals surface area contributed by atoms with Crippen molar-refractivity contribution < 1.29 is 21.5 Å². The third kappa shape index (κ3) is 3.97. The van der Waals surface area contributed by atoms with Crippen molar-refractivity contribution in [2.24, 2.45) is 0 Å². The minimum absolute atomic E-state index is 0. The van der Waals surface area contributed by atoms with Crippen molar-refractivity contribution in [3.05, 3.63) is 24.8 Å². The molecule has 1 rings (SSSR count). The minimum Gasteiger partial charge on any atom is -1.00 e. The quantitative estimate of drug-likeness (QED) is 0.483. The summed E-state index contributed by atoms with van der Waals surface area (Å²) in [5.41, 5.74) is 0. The molecule has 0 N–H and O–H groups in total. The summed E-state index contributed by atoms with van der Waals surface area (Å²) >= 11 is 0. The van der Waals surface area contributed by atoms with Gasteiger partial charge in [-0.05, 0) is 32.3 Å². The Bertz CT molecular complexity index is 181. The fraction of sp³-hybridized carbons (Fsp3) is 0.667. The molecule has 0 aromatic heterocycles. The van der Waals surface area contributed by atoms with Gasteiger partial charge in [0.05, 0.1) is 26.2 Å². The molecule has 82 valence electrons. The summed E-state index contributed by atoms with van der Waals surface area (Å²) in [6.45, 7) is 11.2. The number of hydrogen-bond donors (Lipinski definition) is 0. The Labute approximate surface area is 98.9 Å². The summed E-state index contributed by atoms with van der Waals surface area (Å²) in [6.07, 6.45) is 10.5. The van der Waals surface area contributed by atoms with E-state index in [0.717, 1.165) is 0 Å². The Morgan fingerprint density at radius 3 is 2.36 bits per heavy atom. The minimum atomic E-state index is 0. The van der Waals surface area contributed by atoms with Crippen LogP contribution >= 0.6 is 0 Å². The molecule has 2 heteroatoms. The van der Waals surface area contributed by atoms with Gasteiger partial charge in [-0.1, -0.05) is 18.7 Å². The molecule has 1 fully saturated rings. The van der Waals surface area contributed by atoms with Crippen molar-refractivity contribution in [3.63, 3.8) is 0 Å². The standard InChI is InChI=1S/C12H22N.BrH/c1-3-5-7-10-13(4-2)11-8-6-9-12-13;/h3,5,7H,1,4,6,8-12H2,2H3;1H/q+1;/p-1/b7-5+;. The van der Waals surface area contributed by atoms with Crippen LogP contribution in [0.25, 0.3) is 0 Å². The van der Waals surface area contributed by atoms with Gasteiger partial charge < -0.3 is 21.5 Å². The van der Waals surface area contributed by atoms with E-state index in [-0.39, 0.29) is 17.0 Å². The van der Waals surface area contributed by atoms with Crippen molar-refractivity contribution in [3.8, 4) is 0 Å². The van der Waals surface area contributed by atoms with Crippen LogP contribution in [0.4, 0.5) is 0 Å². The molecule has 0 saturated carbocycles. The number of rotatable bonds is 4. The van der Waals surface area contributed by atoms with E-state index in [1.807, 2.05) is 6.08 Å². The lowest BCUT2D eigenvalue weighted by Gasteiger charge is -2.40. The second-order valence-electron chi connectivity index (χ2n) is 4.01. The Balaban J connectivity index is 0.00000169. The van der Waals surface area contributed by atoms with Crippen LogP contribution < -0.4 is 17.0 Å². The highest BCUT2D eigenvalue weighted by Crippen LogP contribution is 2.18. The molecule has 1 nitrogen and oxygen atoms in total. The van der Waals surface area contributed by atoms with E-state index >= 15 is 0 Å². The molecule has 0 aliphatic carbocycles. The van der Waals surface area contributed by atoms with Crippen LogP contribution in [0.2, 0.25) is 0 Å². The second kappa shape index (κ2) is 7.24. The molecule has 1 heterocycles. The highest BCUT2D eigenvalue weighted by molar-refractivity contribution is 4.97. The number of likely N-dealkylation sites (N-methyl/N-ethyl adjacent to an activating group) is 1. The van der Waals surface area contributed by atoms with Crippen LogP contribution in [0.3, 0.4) is 0 Å². The zero-order valence-corrected chi connectivity index (χ0v) is 10.8. The zero-order valence-electron chi connectivity index (χ0n) is 9.21. The van der Waals surface area contributed by atoms with Gasteiger partial charge in [-0.15, -0.1) is 0 Å². The van der Waals surface area contributed by atoms with E-state index in [9.17, 15) is 0 Å². The molecule has 0 aromatic carbocycles. The van der Waals surface area contributed by atoms with E-state index < -0.39 is 0 Å². The lowest BCUT2D eigenvalue weighted by atomic mass is 10.1. The SMILES string of the molecule is C=C/C=C/C[N+]1(CC)CCCCC1.[Br-]. The van der Waals surface area contributed by atoms with Crippen LogP contribution in [-0.4, -0.2) is 30.7 Å². The van der Waals surface area contributed by atoms with Crippen molar-refractivity contribution in [1.29, 1.82) is 0 Å². The maximum Gasteiger partial charge on any atom is 0.0976 e. The van der Waals surface area contributed by atoms with E-state index in [1.165, 1.54) is 49.9 Å². The molecule has 0 radical (unpaired) electrons. The first-order valence-corrected chi connectivity index (χ1v) is 5.46. The van der Waals surface area contributed by atoms with Gasteiger partial charge in [-0.25, -0.2) is 0 Å². The van der Waals surface area contributed by atoms with Gasteiger partial charge in [0.25, 0.3) is 0 Å². The molecule has 0 atom stereocenters. The summed E-state index contributed by atoms with van der Waals surface area (Å²) in [4.78, 5) is 0. The first kappa shape index (κ1) is 13.9. The van der Waals surface area contributed by atoms with Gasteiger partial charge in [-0.3, -0.25) is 0 Å². The Hall–Kier alpha value is -0.0800. The smallest absolute Gasteiger partial charge is 0.0976 e. The van der Waals surface area contributed by atoms with E-state index in [1.54, 1.807) is 0 Å². The third-order valence-corrected chi connectivity index (χ3v) is 3.20. The van der Waals surface area contributed by atoms with Crippen LogP contribution in [0, 0.1) is 0 Å². The predicted octanol–water partition coefficient (Wildman–Crippen LogP) is -0.247. The Morgan fingerprint density at radius 2 is 1.86 bits per heavy atom. The molecule has 14 heavy (non-hydrogen) atoms. The van der Waals surface area contributed by atoms with Crippen LogP contribution in [0.5, 0.6) is 0 Å². The summed E-state index contributed by atoms with van der Waals surface area (Å²) in [6, 6.07) is 0. The molecule has 0 bridgehead atoms. The zero-order chi connectivity index (χ0) is 9.57. The highest BCUT2D eigenvalue weighted by Gasteiger charge is 2.25. The summed E-state index contributed by atoms with van der Waals surface area (Å²) in [7, 11) is 0. The molecule has 0 aromatic rings. The second-order valence-corrected chi connectivity index (χ2v) is 4.01. The topological polar surface area (TPSA) is 0 Å². The van der Waals surface area contributed by atoms with Gasteiger partial charge in [0, 0.05) is 0 Å². The van der Waals surface area contributed by atoms with Crippen molar-refractivity contribution in [2.75, 3.05) is 26.2 Å². The van der Waals surface area contributed by atoms with Gasteiger partial charge in [0.15, 0.2) is 0 Å². The van der Waals surface area contributed by atoms with Crippen molar-refractivity contribution in [1.82, 2.24) is 0 Å². The lowest BCUT2D eigenvalue weighted by Crippen LogP contribution is -3.00. The van der Waals surface area contributed by atoms with Gasteiger partial charge in [-0.2, -0.15) is 0 Å². The molecular formula is C12H22BrN. The monoisotopic (exact) mass is 259 g/mol. The summed E-state index contributed by atoms with van der Waals surface area (Å²) in [5.74, 6) is 0. The number of hydrogen-bond acceptors (Lipinski definition) is 0. The number of allylic oxidation sites excluding steroid dienone is 2. The highest BCUT2D eigenvalue weighted by atomic mass is 79.9. The predicted molar refractivity (Wildman–Crippen MR) is 58.6 cm³/mol. The first-order chi connectivity index (χ1) is 6.33. The molecule has 1 aliphatic heterocycles. The molecular weight excluding hydrogens is 238 g/mol. The Kier molecular flexibility index (Phi) is 7.20. The normalized spacial score (nSPS) is 20.4. The number of halogens is 1. The largest absolute Gasteiger partial charge is 1.00 e. The van der Waals surface area contributed by atoms with Gasteiger partial charge >= 0.3 is 0 Å². The molecule has 1 saturated heterocycles. The Morgan fingerprint density at radius 1 is 1.21 bits per heavy atom. The fourth-order valence-electron chi connectivity index (χ4n) is 2.19. The number of piperidine rings is 1. The van der Waals surface area contributed by atoms with Gasteiger partial charge in [0.1, 0.15) is 0 Å². The molecule has 0 amide bonds. The number of likely N-dealkylation sites (tertiary alicyclic amines) is 1. The lowest BCUT2D eigenvalue weighted by molar-refractivity contribution is -0.925.